The van der Waals surface area contributed by atoms with Crippen molar-refractivity contribution in [2.75, 3.05) is 32.8 Å². The molecule has 0 radical (unpaired) electrons. The molecule has 0 bridgehead atoms. The van der Waals surface area contributed by atoms with Crippen LogP contribution in [-0.2, 0) is 18.3 Å². The smallest absolute Gasteiger partial charge is 0.0635 e. The Morgan fingerprint density at radius 1 is 1.12 bits per heavy atom. The molecular formula is C20H27N3O. The quantitative estimate of drug-likeness (QED) is 0.865. The number of ether oxygens (including phenoxy) is 1. The van der Waals surface area contributed by atoms with E-state index in [1.54, 1.807) is 0 Å². The van der Waals surface area contributed by atoms with Gasteiger partial charge in [0.15, 0.2) is 0 Å². The number of fused-ring (bicyclic) bond motifs is 2. The number of rotatable bonds is 3. The van der Waals surface area contributed by atoms with Crippen LogP contribution in [0.3, 0.4) is 0 Å². The van der Waals surface area contributed by atoms with Gasteiger partial charge in [-0.25, -0.2) is 0 Å². The van der Waals surface area contributed by atoms with E-state index in [4.69, 9.17) is 4.74 Å². The van der Waals surface area contributed by atoms with Crippen LogP contribution < -0.4 is 0 Å². The van der Waals surface area contributed by atoms with Gasteiger partial charge in [0.2, 0.25) is 0 Å². The number of aryl methyl sites for hydroxylation is 1. The largest absolute Gasteiger partial charge is 0.378 e. The summed E-state index contributed by atoms with van der Waals surface area (Å²) in [7, 11) is 2.11. The average Bonchev–Trinajstić information content (AvgIpc) is 3.38. The third kappa shape index (κ3) is 2.67. The van der Waals surface area contributed by atoms with E-state index in [0.29, 0.717) is 12.1 Å². The zero-order valence-electron chi connectivity index (χ0n) is 14.5. The first-order chi connectivity index (χ1) is 11.8. The van der Waals surface area contributed by atoms with Crippen molar-refractivity contribution in [3.8, 4) is 0 Å². The van der Waals surface area contributed by atoms with Crippen molar-refractivity contribution in [3.63, 3.8) is 0 Å². The maximum absolute atomic E-state index is 5.94. The molecule has 128 valence electrons. The average molecular weight is 325 g/mol. The summed E-state index contributed by atoms with van der Waals surface area (Å²) in [5.41, 5.74) is 2.74. The molecule has 3 fully saturated rings. The fourth-order valence-electron chi connectivity index (χ4n) is 4.66. The summed E-state index contributed by atoms with van der Waals surface area (Å²) in [6.07, 6.45) is 4.97. The molecule has 2 saturated heterocycles. The van der Waals surface area contributed by atoms with Gasteiger partial charge in [0.25, 0.3) is 0 Å². The minimum Gasteiger partial charge on any atom is -0.378 e. The zero-order chi connectivity index (χ0) is 16.1. The van der Waals surface area contributed by atoms with Crippen LogP contribution in [0.25, 0.3) is 10.9 Å². The molecule has 3 aliphatic rings. The number of hydrogen-bond donors (Lipinski definition) is 0. The van der Waals surface area contributed by atoms with Crippen LogP contribution in [0.4, 0.5) is 0 Å². The van der Waals surface area contributed by atoms with Crippen LogP contribution in [0, 0.1) is 5.92 Å². The van der Waals surface area contributed by atoms with E-state index in [1.807, 2.05) is 0 Å². The highest BCUT2D eigenvalue weighted by molar-refractivity contribution is 5.80. The molecule has 2 aliphatic heterocycles. The monoisotopic (exact) mass is 325 g/mol. The molecule has 2 aromatic rings. The lowest BCUT2D eigenvalue weighted by Gasteiger charge is -2.48. The summed E-state index contributed by atoms with van der Waals surface area (Å²) in [4.78, 5) is 5.38. The number of hydrogen-bond acceptors (Lipinski definition) is 3. The minimum absolute atomic E-state index is 0.596. The first-order valence-corrected chi connectivity index (χ1v) is 9.38. The van der Waals surface area contributed by atoms with Crippen LogP contribution in [-0.4, -0.2) is 59.3 Å². The molecule has 0 N–H and O–H groups in total. The molecule has 1 aromatic heterocycles. The number of piperazine rings is 1. The van der Waals surface area contributed by atoms with Gasteiger partial charge in [-0.15, -0.1) is 0 Å². The standard InChI is InChI=1S/C20H27N3O/c1-21-7-6-17-10-15(2-5-19(17)21)11-22-8-9-23-18(12-22)13-24-14-20(23)16-3-4-16/h2,5-7,10,16,18,20H,3-4,8-9,11-14H2,1H3/t18-,20-/m1/s1. The van der Waals surface area contributed by atoms with E-state index in [-0.39, 0.29) is 0 Å². The first-order valence-electron chi connectivity index (χ1n) is 9.38. The van der Waals surface area contributed by atoms with Crippen LogP contribution >= 0.6 is 0 Å². The lowest BCUT2D eigenvalue weighted by molar-refractivity contribution is -0.0880. The van der Waals surface area contributed by atoms with Crippen molar-refractivity contribution in [3.05, 3.63) is 36.0 Å². The molecule has 0 amide bonds. The van der Waals surface area contributed by atoms with Crippen molar-refractivity contribution in [2.24, 2.45) is 13.0 Å². The van der Waals surface area contributed by atoms with E-state index >= 15 is 0 Å². The van der Waals surface area contributed by atoms with Gasteiger partial charge >= 0.3 is 0 Å². The molecule has 5 rings (SSSR count). The van der Waals surface area contributed by atoms with Gasteiger partial charge in [-0.3, -0.25) is 9.80 Å². The summed E-state index contributed by atoms with van der Waals surface area (Å²) in [5, 5.41) is 1.35. The van der Waals surface area contributed by atoms with Crippen LogP contribution in [0.2, 0.25) is 0 Å². The summed E-state index contributed by atoms with van der Waals surface area (Å²) < 4.78 is 8.13. The molecule has 1 aliphatic carbocycles. The van der Waals surface area contributed by atoms with Gasteiger partial charge in [0, 0.05) is 57.0 Å². The van der Waals surface area contributed by atoms with Crippen molar-refractivity contribution in [2.45, 2.75) is 31.5 Å². The Kier molecular flexibility index (Phi) is 3.65. The molecule has 4 nitrogen and oxygen atoms in total. The lowest BCUT2D eigenvalue weighted by Crippen LogP contribution is -2.62. The highest BCUT2D eigenvalue weighted by Crippen LogP contribution is 2.38. The Bertz CT molecular complexity index is 736. The SMILES string of the molecule is Cn1ccc2cc(CN3CCN4[C@@H](COC[C@@H]4C4CC4)C3)ccc21. The summed E-state index contributed by atoms with van der Waals surface area (Å²) in [6.45, 7) is 6.48. The van der Waals surface area contributed by atoms with Crippen molar-refractivity contribution >= 4 is 10.9 Å². The zero-order valence-corrected chi connectivity index (χ0v) is 14.5. The highest BCUT2D eigenvalue weighted by Gasteiger charge is 2.42. The molecule has 3 heterocycles. The fourth-order valence-corrected chi connectivity index (χ4v) is 4.66. The summed E-state index contributed by atoms with van der Waals surface area (Å²) in [6, 6.07) is 10.4. The van der Waals surface area contributed by atoms with Gasteiger partial charge in [0.05, 0.1) is 13.2 Å². The van der Waals surface area contributed by atoms with E-state index in [2.05, 4.69) is 51.9 Å². The maximum Gasteiger partial charge on any atom is 0.0635 e. The predicted octanol–water partition coefficient (Wildman–Crippen LogP) is 2.47. The molecular weight excluding hydrogens is 298 g/mol. The number of aromatic nitrogens is 1. The Morgan fingerprint density at radius 2 is 2.04 bits per heavy atom. The van der Waals surface area contributed by atoms with E-state index < -0.39 is 0 Å². The predicted molar refractivity (Wildman–Crippen MR) is 96.0 cm³/mol. The Balaban J connectivity index is 1.28. The Morgan fingerprint density at radius 3 is 2.92 bits per heavy atom. The summed E-state index contributed by atoms with van der Waals surface area (Å²) >= 11 is 0. The van der Waals surface area contributed by atoms with Crippen molar-refractivity contribution in [1.29, 1.82) is 0 Å². The second kappa shape index (κ2) is 5.87. The van der Waals surface area contributed by atoms with E-state index in [1.165, 1.54) is 42.4 Å². The number of benzene rings is 1. The third-order valence-corrected chi connectivity index (χ3v) is 6.16. The normalized spacial score (nSPS) is 29.0. The highest BCUT2D eigenvalue weighted by atomic mass is 16.5. The lowest BCUT2D eigenvalue weighted by atomic mass is 10.0. The van der Waals surface area contributed by atoms with Gasteiger partial charge in [-0.1, -0.05) is 6.07 Å². The Hall–Kier alpha value is -1.36. The maximum atomic E-state index is 5.94. The van der Waals surface area contributed by atoms with Gasteiger partial charge < -0.3 is 9.30 Å². The van der Waals surface area contributed by atoms with Gasteiger partial charge in [-0.05, 0) is 47.9 Å². The summed E-state index contributed by atoms with van der Waals surface area (Å²) in [5.74, 6) is 0.917. The van der Waals surface area contributed by atoms with Crippen LogP contribution in [0.5, 0.6) is 0 Å². The van der Waals surface area contributed by atoms with E-state index in [9.17, 15) is 0 Å². The van der Waals surface area contributed by atoms with Crippen molar-refractivity contribution < 1.29 is 4.74 Å². The topological polar surface area (TPSA) is 20.6 Å². The molecule has 0 spiro atoms. The Labute approximate surface area is 144 Å². The minimum atomic E-state index is 0.596. The molecule has 4 heteroatoms. The van der Waals surface area contributed by atoms with Gasteiger partial charge in [0.1, 0.15) is 0 Å². The van der Waals surface area contributed by atoms with Crippen molar-refractivity contribution in [1.82, 2.24) is 14.4 Å². The second-order valence-electron chi connectivity index (χ2n) is 7.89. The second-order valence-corrected chi connectivity index (χ2v) is 7.89. The van der Waals surface area contributed by atoms with Crippen LogP contribution in [0.15, 0.2) is 30.5 Å². The van der Waals surface area contributed by atoms with Gasteiger partial charge in [-0.2, -0.15) is 0 Å². The molecule has 24 heavy (non-hydrogen) atoms. The van der Waals surface area contributed by atoms with E-state index in [0.717, 1.165) is 32.2 Å². The molecule has 2 atom stereocenters. The van der Waals surface area contributed by atoms with Crippen LogP contribution in [0.1, 0.15) is 18.4 Å². The molecule has 0 unspecified atom stereocenters. The third-order valence-electron chi connectivity index (χ3n) is 6.16. The number of morpholine rings is 1. The molecule has 1 saturated carbocycles. The number of nitrogens with zero attached hydrogens (tertiary/aromatic N) is 3. The fraction of sp³-hybridized carbons (Fsp3) is 0.600. The first kappa shape index (κ1) is 14.9. The molecule has 1 aromatic carbocycles.